The zero-order valence-electron chi connectivity index (χ0n) is 19.5. The molecule has 0 saturated heterocycles. The molecule has 0 aromatic heterocycles. The first-order chi connectivity index (χ1) is 17.9. The highest BCUT2D eigenvalue weighted by Crippen LogP contribution is 2.24. The Bertz CT molecular complexity index is 1470. The molecule has 4 aromatic carbocycles. The lowest BCUT2D eigenvalue weighted by molar-refractivity contribution is 0.0916. The number of benzene rings is 4. The maximum Gasteiger partial charge on any atom is 0.271 e. The van der Waals surface area contributed by atoms with Gasteiger partial charge in [0.05, 0.1) is 23.9 Å². The summed E-state index contributed by atoms with van der Waals surface area (Å²) in [4.78, 5) is 25.5. The van der Waals surface area contributed by atoms with Gasteiger partial charge in [0.2, 0.25) is 0 Å². The van der Waals surface area contributed by atoms with Gasteiger partial charge in [-0.1, -0.05) is 65.7 Å². The fraction of sp³-hybridized carbons (Fsp3) is 0.107. The molecule has 4 N–H and O–H groups in total. The number of nitrogens with zero attached hydrogens (tertiary/aromatic N) is 1. The molecule has 1 atom stereocenters. The van der Waals surface area contributed by atoms with Gasteiger partial charge in [-0.15, -0.1) is 0 Å². The fourth-order valence-electron chi connectivity index (χ4n) is 3.84. The minimum Gasteiger partial charge on any atom is -0.506 e. The van der Waals surface area contributed by atoms with Gasteiger partial charge in [0.25, 0.3) is 11.8 Å². The molecule has 2 amide bonds. The normalized spacial score (nSPS) is 12.0. The Kier molecular flexibility index (Phi) is 8.40. The number of hydrogen-bond acceptors (Lipinski definition) is 5. The molecule has 0 aliphatic heterocycles. The number of hydrogen-bond donors (Lipinski definition) is 4. The summed E-state index contributed by atoms with van der Waals surface area (Å²) in [6, 6.07) is 21.6. The minimum atomic E-state index is -0.491. The van der Waals surface area contributed by atoms with E-state index in [0.29, 0.717) is 28.0 Å². The van der Waals surface area contributed by atoms with Gasteiger partial charge in [-0.25, -0.2) is 5.43 Å². The van der Waals surface area contributed by atoms with E-state index in [1.54, 1.807) is 24.3 Å². The third-order valence-electron chi connectivity index (χ3n) is 5.73. The number of rotatable bonds is 8. The number of nitrogens with one attached hydrogen (secondary N) is 2. The van der Waals surface area contributed by atoms with E-state index in [1.807, 2.05) is 36.4 Å². The van der Waals surface area contributed by atoms with Crippen molar-refractivity contribution in [3.05, 3.63) is 111 Å². The van der Waals surface area contributed by atoms with E-state index in [2.05, 4.69) is 15.8 Å². The molecule has 1 unspecified atom stereocenters. The molecule has 0 radical (unpaired) electrons. The lowest BCUT2D eigenvalue weighted by Crippen LogP contribution is -2.39. The Balaban J connectivity index is 1.50. The predicted molar refractivity (Wildman–Crippen MR) is 146 cm³/mol. The number of aliphatic hydroxyl groups is 1. The number of carbonyl (C=O) groups is 2. The Morgan fingerprint density at radius 3 is 2.35 bits per heavy atom. The van der Waals surface area contributed by atoms with E-state index in [1.165, 1.54) is 24.4 Å². The SMILES string of the molecule is O=C(NN=Cc1ccc(C(=O)NC(CO)Cc2ccc(Cl)cc2)c2ccccc12)c1ccc(O)c(Cl)c1. The van der Waals surface area contributed by atoms with E-state index in [4.69, 9.17) is 23.2 Å². The summed E-state index contributed by atoms with van der Waals surface area (Å²) in [5.74, 6) is -0.924. The zero-order valence-corrected chi connectivity index (χ0v) is 21.0. The second-order valence-corrected chi connectivity index (χ2v) is 9.14. The van der Waals surface area contributed by atoms with Crippen molar-refractivity contribution in [2.24, 2.45) is 5.10 Å². The Morgan fingerprint density at radius 2 is 1.65 bits per heavy atom. The van der Waals surface area contributed by atoms with Gasteiger partial charge in [-0.2, -0.15) is 5.10 Å². The standard InChI is InChI=1S/C28H23Cl2N3O4/c29-20-9-5-17(6-10-20)13-21(16-34)32-28(37)24-11-7-19(22-3-1-2-4-23(22)24)15-31-33-27(36)18-8-12-26(35)25(30)14-18/h1-12,14-15,21,34-35H,13,16H2,(H,32,37)(H,33,36). The lowest BCUT2D eigenvalue weighted by Gasteiger charge is -2.17. The van der Waals surface area contributed by atoms with Crippen LogP contribution in [0.4, 0.5) is 0 Å². The Hall–Kier alpha value is -3.91. The lowest BCUT2D eigenvalue weighted by atomic mass is 9.99. The maximum absolute atomic E-state index is 13.1. The summed E-state index contributed by atoms with van der Waals surface area (Å²) in [5, 5.41) is 28.4. The summed E-state index contributed by atoms with van der Waals surface area (Å²) in [6.45, 7) is -0.219. The van der Waals surface area contributed by atoms with Crippen molar-refractivity contribution in [3.63, 3.8) is 0 Å². The molecule has 4 aromatic rings. The first-order valence-corrected chi connectivity index (χ1v) is 12.1. The fourth-order valence-corrected chi connectivity index (χ4v) is 4.14. The van der Waals surface area contributed by atoms with Gasteiger partial charge in [0, 0.05) is 21.7 Å². The van der Waals surface area contributed by atoms with Crippen LogP contribution in [-0.2, 0) is 6.42 Å². The molecule has 0 heterocycles. The van der Waals surface area contributed by atoms with Gasteiger partial charge in [-0.3, -0.25) is 9.59 Å². The second-order valence-electron chi connectivity index (χ2n) is 8.30. The number of amides is 2. The largest absolute Gasteiger partial charge is 0.506 e. The number of halogens is 2. The summed E-state index contributed by atoms with van der Waals surface area (Å²) in [5.41, 5.74) is 4.76. The number of aromatic hydroxyl groups is 1. The molecular weight excluding hydrogens is 513 g/mol. The van der Waals surface area contributed by atoms with E-state index in [-0.39, 0.29) is 28.8 Å². The molecule has 9 heteroatoms. The molecule has 0 aliphatic rings. The highest BCUT2D eigenvalue weighted by atomic mass is 35.5. The molecule has 4 rings (SSSR count). The first kappa shape index (κ1) is 26.2. The zero-order chi connectivity index (χ0) is 26.4. The Morgan fingerprint density at radius 1 is 0.919 bits per heavy atom. The molecule has 37 heavy (non-hydrogen) atoms. The van der Waals surface area contributed by atoms with Crippen LogP contribution in [0.5, 0.6) is 5.75 Å². The highest BCUT2D eigenvalue weighted by molar-refractivity contribution is 6.32. The molecule has 0 spiro atoms. The average Bonchev–Trinajstić information content (AvgIpc) is 2.90. The van der Waals surface area contributed by atoms with Crippen LogP contribution in [0.25, 0.3) is 10.8 Å². The first-order valence-electron chi connectivity index (χ1n) is 11.4. The van der Waals surface area contributed by atoms with E-state index >= 15 is 0 Å². The van der Waals surface area contributed by atoms with Crippen LogP contribution in [0.3, 0.4) is 0 Å². The predicted octanol–water partition coefficient (Wildman–Crippen LogP) is 4.95. The number of aliphatic hydroxyl groups excluding tert-OH is 1. The quantitative estimate of drug-likeness (QED) is 0.189. The van der Waals surface area contributed by atoms with Crippen LogP contribution in [0.1, 0.15) is 31.8 Å². The summed E-state index contributed by atoms with van der Waals surface area (Å²) >= 11 is 11.8. The van der Waals surface area contributed by atoms with E-state index in [0.717, 1.165) is 10.9 Å². The Labute approximate surface area is 223 Å². The van der Waals surface area contributed by atoms with Gasteiger partial charge in [-0.05, 0) is 59.2 Å². The third kappa shape index (κ3) is 6.46. The van der Waals surface area contributed by atoms with Crippen LogP contribution in [0.2, 0.25) is 10.0 Å². The molecule has 7 nitrogen and oxygen atoms in total. The number of hydrazone groups is 1. The third-order valence-corrected chi connectivity index (χ3v) is 6.29. The number of phenols is 1. The molecule has 0 saturated carbocycles. The van der Waals surface area contributed by atoms with E-state index in [9.17, 15) is 19.8 Å². The smallest absolute Gasteiger partial charge is 0.271 e. The summed E-state index contributed by atoms with van der Waals surface area (Å²) in [6.07, 6.45) is 1.94. The molecule has 188 valence electrons. The maximum atomic E-state index is 13.1. The van der Waals surface area contributed by atoms with E-state index < -0.39 is 11.9 Å². The second kappa shape index (κ2) is 11.9. The molecular formula is C28H23Cl2N3O4. The monoisotopic (exact) mass is 535 g/mol. The van der Waals surface area contributed by atoms with Crippen molar-refractivity contribution >= 4 is 52.0 Å². The van der Waals surface area contributed by atoms with Crippen molar-refractivity contribution < 1.29 is 19.8 Å². The van der Waals surface area contributed by atoms with Gasteiger partial charge < -0.3 is 15.5 Å². The van der Waals surface area contributed by atoms with Crippen LogP contribution < -0.4 is 10.7 Å². The highest BCUT2D eigenvalue weighted by Gasteiger charge is 2.17. The number of carbonyl (C=O) groups excluding carboxylic acids is 2. The van der Waals surface area contributed by atoms with Crippen molar-refractivity contribution in [1.29, 1.82) is 0 Å². The number of fused-ring (bicyclic) bond motifs is 1. The molecule has 0 aliphatic carbocycles. The van der Waals surface area contributed by atoms with Crippen LogP contribution in [0, 0.1) is 0 Å². The van der Waals surface area contributed by atoms with Gasteiger partial charge in [0.1, 0.15) is 5.75 Å². The van der Waals surface area contributed by atoms with Crippen LogP contribution in [0.15, 0.2) is 84.0 Å². The topological polar surface area (TPSA) is 111 Å². The average molecular weight is 536 g/mol. The van der Waals surface area contributed by atoms with Gasteiger partial charge >= 0.3 is 0 Å². The van der Waals surface area contributed by atoms with Crippen LogP contribution in [-0.4, -0.2) is 40.9 Å². The molecule has 0 fully saturated rings. The van der Waals surface area contributed by atoms with Crippen molar-refractivity contribution in [3.8, 4) is 5.75 Å². The number of phenolic OH excluding ortho intramolecular Hbond substituents is 1. The molecule has 0 bridgehead atoms. The van der Waals surface area contributed by atoms with Crippen molar-refractivity contribution in [2.75, 3.05) is 6.61 Å². The van der Waals surface area contributed by atoms with Crippen LogP contribution >= 0.6 is 23.2 Å². The summed E-state index contributed by atoms with van der Waals surface area (Å²) in [7, 11) is 0. The van der Waals surface area contributed by atoms with Crippen molar-refractivity contribution in [1.82, 2.24) is 10.7 Å². The minimum absolute atomic E-state index is 0.0630. The summed E-state index contributed by atoms with van der Waals surface area (Å²) < 4.78 is 0. The van der Waals surface area contributed by atoms with Gasteiger partial charge in [0.15, 0.2) is 0 Å². The van der Waals surface area contributed by atoms with Crippen molar-refractivity contribution in [2.45, 2.75) is 12.5 Å².